The molecule has 0 radical (unpaired) electrons. The van der Waals surface area contributed by atoms with E-state index in [2.05, 4.69) is 101 Å². The Morgan fingerprint density at radius 3 is 1.26 bits per heavy atom. The second-order valence-corrected chi connectivity index (χ2v) is 14.2. The third kappa shape index (κ3) is 3.41. The van der Waals surface area contributed by atoms with Gasteiger partial charge in [0, 0.05) is 23.5 Å². The molecule has 4 bridgehead atoms. The molecule has 35 heavy (non-hydrogen) atoms. The van der Waals surface area contributed by atoms with Crippen LogP contribution in [0.2, 0.25) is 0 Å². The molecule has 0 unspecified atom stereocenters. The smallest absolute Gasteiger partial charge is 0.0342 e. The Bertz CT molecular complexity index is 994. The Hall–Kier alpha value is -1.96. The van der Waals surface area contributed by atoms with Gasteiger partial charge >= 0.3 is 0 Å². The van der Waals surface area contributed by atoms with Crippen molar-refractivity contribution >= 4 is 11.4 Å². The van der Waals surface area contributed by atoms with Crippen molar-refractivity contribution in [2.45, 2.75) is 98.6 Å². The van der Waals surface area contributed by atoms with Gasteiger partial charge in [0.2, 0.25) is 0 Å². The first-order chi connectivity index (χ1) is 16.5. The van der Waals surface area contributed by atoms with Crippen LogP contribution in [0, 0.1) is 33.5 Å². The molecule has 2 aromatic rings. The van der Waals surface area contributed by atoms with E-state index in [1.54, 1.807) is 0 Å². The van der Waals surface area contributed by atoms with Gasteiger partial charge in [-0.15, -0.1) is 0 Å². The minimum Gasteiger partial charge on any atom is -0.382 e. The molecule has 188 valence electrons. The van der Waals surface area contributed by atoms with Crippen molar-refractivity contribution in [3.63, 3.8) is 0 Å². The first kappa shape index (κ1) is 23.4. The molecule has 4 aliphatic rings. The number of benzene rings is 2. The van der Waals surface area contributed by atoms with E-state index in [9.17, 15) is 0 Å². The summed E-state index contributed by atoms with van der Waals surface area (Å²) in [7, 11) is 0. The highest BCUT2D eigenvalue weighted by atomic mass is 15.0. The Balaban J connectivity index is 1.07. The molecule has 2 N–H and O–H groups in total. The van der Waals surface area contributed by atoms with Gasteiger partial charge < -0.3 is 10.6 Å². The third-order valence-electron chi connectivity index (χ3n) is 12.6. The van der Waals surface area contributed by atoms with Crippen molar-refractivity contribution in [1.29, 1.82) is 0 Å². The molecular formula is C33H46N2. The SMILES string of the molecule is CC1(C)[C@@H]2CC[C@@]1(C)[C@H](Nc1ccc(Cc3ccc(N[C@@H]4C[C@H]5CC[C@]4(C)C5(C)C)cc3)cc1)C2. The number of nitrogens with one attached hydrogen (secondary N) is 2. The minimum absolute atomic E-state index is 0.414. The van der Waals surface area contributed by atoms with Crippen LogP contribution in [0.15, 0.2) is 48.5 Å². The summed E-state index contributed by atoms with van der Waals surface area (Å²) in [5, 5.41) is 7.83. The highest BCUT2D eigenvalue weighted by Crippen LogP contribution is 2.66. The lowest BCUT2D eigenvalue weighted by Crippen LogP contribution is -2.40. The summed E-state index contributed by atoms with van der Waals surface area (Å²) in [5.41, 5.74) is 7.08. The quantitative estimate of drug-likeness (QED) is 0.442. The summed E-state index contributed by atoms with van der Waals surface area (Å²) < 4.78 is 0. The summed E-state index contributed by atoms with van der Waals surface area (Å²) >= 11 is 0. The van der Waals surface area contributed by atoms with Crippen molar-refractivity contribution in [3.05, 3.63) is 59.7 Å². The van der Waals surface area contributed by atoms with Gasteiger partial charge in [0.05, 0.1) is 0 Å². The van der Waals surface area contributed by atoms with Gasteiger partial charge in [0.25, 0.3) is 0 Å². The van der Waals surface area contributed by atoms with Crippen LogP contribution >= 0.6 is 0 Å². The van der Waals surface area contributed by atoms with Crippen molar-refractivity contribution in [2.75, 3.05) is 10.6 Å². The lowest BCUT2D eigenvalue weighted by atomic mass is 9.69. The zero-order valence-corrected chi connectivity index (χ0v) is 22.9. The third-order valence-corrected chi connectivity index (χ3v) is 12.6. The molecule has 0 spiro atoms. The van der Waals surface area contributed by atoms with Crippen LogP contribution in [0.1, 0.15) is 91.2 Å². The molecule has 0 heterocycles. The van der Waals surface area contributed by atoms with Gasteiger partial charge in [-0.25, -0.2) is 0 Å². The van der Waals surface area contributed by atoms with Crippen LogP contribution in [0.4, 0.5) is 11.4 Å². The van der Waals surface area contributed by atoms with E-state index >= 15 is 0 Å². The van der Waals surface area contributed by atoms with E-state index in [1.165, 1.54) is 61.0 Å². The van der Waals surface area contributed by atoms with Crippen LogP contribution < -0.4 is 10.6 Å². The van der Waals surface area contributed by atoms with Crippen LogP contribution in [-0.4, -0.2) is 12.1 Å². The highest BCUT2D eigenvalue weighted by Gasteiger charge is 2.62. The Morgan fingerprint density at radius 2 is 0.971 bits per heavy atom. The first-order valence-electron chi connectivity index (χ1n) is 14.2. The molecule has 2 heteroatoms. The van der Waals surface area contributed by atoms with Crippen LogP contribution in [0.5, 0.6) is 0 Å². The molecule has 6 atom stereocenters. The van der Waals surface area contributed by atoms with Crippen LogP contribution in [-0.2, 0) is 6.42 Å². The maximum atomic E-state index is 3.91. The van der Waals surface area contributed by atoms with E-state index < -0.39 is 0 Å². The maximum absolute atomic E-state index is 3.91. The topological polar surface area (TPSA) is 24.1 Å². The summed E-state index contributed by atoms with van der Waals surface area (Å²) in [6, 6.07) is 19.6. The van der Waals surface area contributed by atoms with Gasteiger partial charge in [-0.3, -0.25) is 0 Å². The van der Waals surface area contributed by atoms with Gasteiger partial charge in [-0.1, -0.05) is 65.8 Å². The summed E-state index contributed by atoms with van der Waals surface area (Å²) in [4.78, 5) is 0. The fourth-order valence-corrected chi connectivity index (χ4v) is 8.92. The molecule has 4 aliphatic carbocycles. The van der Waals surface area contributed by atoms with Crippen molar-refractivity contribution < 1.29 is 0 Å². The maximum Gasteiger partial charge on any atom is 0.0342 e. The van der Waals surface area contributed by atoms with Gasteiger partial charge in [0.1, 0.15) is 0 Å². The molecule has 6 rings (SSSR count). The van der Waals surface area contributed by atoms with Gasteiger partial charge in [0.15, 0.2) is 0 Å². The molecule has 2 aromatic carbocycles. The predicted octanol–water partition coefficient (Wildman–Crippen LogP) is 8.53. The number of hydrogen-bond acceptors (Lipinski definition) is 2. The molecule has 4 saturated carbocycles. The summed E-state index contributed by atoms with van der Waals surface area (Å²) in [6.45, 7) is 15.0. The molecule has 0 aliphatic heterocycles. The van der Waals surface area contributed by atoms with Gasteiger partial charge in [-0.05, 0) is 114 Å². The number of hydrogen-bond donors (Lipinski definition) is 2. The fraction of sp³-hybridized carbons (Fsp3) is 0.636. The van der Waals surface area contributed by atoms with E-state index in [0.717, 1.165) is 18.3 Å². The van der Waals surface area contributed by atoms with Crippen molar-refractivity contribution in [3.8, 4) is 0 Å². The first-order valence-corrected chi connectivity index (χ1v) is 14.2. The average Bonchev–Trinajstić information content (AvgIpc) is 3.34. The van der Waals surface area contributed by atoms with Crippen molar-refractivity contribution in [2.24, 2.45) is 33.5 Å². The number of fused-ring (bicyclic) bond motifs is 4. The normalized spacial score (nSPS) is 38.1. The molecule has 0 saturated heterocycles. The zero-order chi connectivity index (χ0) is 24.6. The second kappa shape index (κ2) is 7.77. The van der Waals surface area contributed by atoms with E-state index in [-0.39, 0.29) is 0 Å². The molecular weight excluding hydrogens is 424 g/mol. The largest absolute Gasteiger partial charge is 0.382 e. The monoisotopic (exact) mass is 470 g/mol. The second-order valence-electron chi connectivity index (χ2n) is 14.2. The minimum atomic E-state index is 0.414. The Morgan fingerprint density at radius 1 is 0.600 bits per heavy atom. The van der Waals surface area contributed by atoms with E-state index in [0.29, 0.717) is 33.7 Å². The average molecular weight is 471 g/mol. The molecule has 0 aromatic heterocycles. The summed E-state index contributed by atoms with van der Waals surface area (Å²) in [5.74, 6) is 1.75. The number of rotatable bonds is 6. The number of anilines is 2. The molecule has 4 fully saturated rings. The van der Waals surface area contributed by atoms with E-state index in [4.69, 9.17) is 0 Å². The van der Waals surface area contributed by atoms with Crippen LogP contribution in [0.3, 0.4) is 0 Å². The van der Waals surface area contributed by atoms with Crippen molar-refractivity contribution in [1.82, 2.24) is 0 Å². The van der Waals surface area contributed by atoms with Gasteiger partial charge in [-0.2, -0.15) is 0 Å². The summed E-state index contributed by atoms with van der Waals surface area (Å²) in [6.07, 6.45) is 9.19. The van der Waals surface area contributed by atoms with E-state index in [1.807, 2.05) is 0 Å². The lowest BCUT2D eigenvalue weighted by Gasteiger charge is -2.40. The fourth-order valence-electron chi connectivity index (χ4n) is 8.92. The molecule has 2 nitrogen and oxygen atoms in total. The lowest BCUT2D eigenvalue weighted by molar-refractivity contribution is 0.142. The Labute approximate surface area is 213 Å². The highest BCUT2D eigenvalue weighted by molar-refractivity contribution is 5.50. The van der Waals surface area contributed by atoms with Crippen LogP contribution in [0.25, 0.3) is 0 Å². The standard InChI is InChI=1S/C33H46N2/c1-30(2)24-15-17-32(30,5)28(20-24)34-26-11-7-22(8-12-26)19-23-9-13-27(14-10-23)35-29-21-25-16-18-33(29,6)31(25,3)4/h7-14,24-25,28-29,34-35H,15-21H2,1-6H3/t24-,25-,28-,29-,32+,33+/m1/s1. The Kier molecular flexibility index (Phi) is 5.20. The zero-order valence-electron chi connectivity index (χ0n) is 22.9. The predicted molar refractivity (Wildman–Crippen MR) is 149 cm³/mol. The molecule has 0 amide bonds.